The van der Waals surface area contributed by atoms with Crippen LogP contribution in [0.2, 0.25) is 0 Å². The van der Waals surface area contributed by atoms with Crippen molar-refractivity contribution in [3.05, 3.63) is 27.1 Å². The first kappa shape index (κ1) is 9.44. The Balaban J connectivity index is 3.13. The first-order valence-corrected chi connectivity index (χ1v) is 4.57. The Labute approximate surface area is 84.7 Å². The second kappa shape index (κ2) is 3.84. The Bertz CT molecular complexity index is 312. The molecule has 0 radical (unpaired) electrons. The molecule has 0 aromatic carbocycles. The molecule has 64 valence electrons. The molecule has 0 aliphatic carbocycles. The number of pyridine rings is 1. The first-order chi connectivity index (χ1) is 5.65. The highest BCUT2D eigenvalue weighted by Crippen LogP contribution is 2.09. The number of nitrogens with zero attached hydrogens (tertiary/aromatic N) is 1. The first-order valence-electron chi connectivity index (χ1n) is 3.49. The van der Waals surface area contributed by atoms with Gasteiger partial charge in [0.2, 0.25) is 0 Å². The van der Waals surface area contributed by atoms with Gasteiger partial charge >= 0.3 is 0 Å². The normalized spacial score (nSPS) is 9.58. The Hall–Kier alpha value is -0.650. The lowest BCUT2D eigenvalue weighted by Gasteiger charge is -2.02. The van der Waals surface area contributed by atoms with E-state index in [1.807, 2.05) is 13.0 Å². The third-order valence-corrected chi connectivity index (χ3v) is 2.12. The van der Waals surface area contributed by atoms with Crippen LogP contribution in [-0.2, 0) is 0 Å². The molecule has 1 aromatic rings. The predicted octanol–water partition coefficient (Wildman–Crippen LogP) is 1.35. The summed E-state index contributed by atoms with van der Waals surface area (Å²) >= 11 is 2.13. The number of carbonyl (C=O) groups excluding carboxylic acids is 1. The molecule has 0 saturated heterocycles. The van der Waals surface area contributed by atoms with E-state index in [1.165, 1.54) is 0 Å². The summed E-state index contributed by atoms with van der Waals surface area (Å²) in [5.74, 6) is -0.0847. The van der Waals surface area contributed by atoms with Gasteiger partial charge in [-0.1, -0.05) is 0 Å². The van der Waals surface area contributed by atoms with E-state index in [9.17, 15) is 4.79 Å². The lowest BCUT2D eigenvalue weighted by molar-refractivity contribution is 0.0962. The SMILES string of the molecule is CNC(=O)c1cc(I)cnc1C. The van der Waals surface area contributed by atoms with Gasteiger partial charge in [0.25, 0.3) is 5.91 Å². The Morgan fingerprint density at radius 3 is 2.92 bits per heavy atom. The van der Waals surface area contributed by atoms with Crippen LogP contribution in [0, 0.1) is 10.5 Å². The van der Waals surface area contributed by atoms with Gasteiger partial charge in [0.15, 0.2) is 0 Å². The number of aromatic nitrogens is 1. The molecule has 1 N–H and O–H groups in total. The zero-order valence-corrected chi connectivity index (χ0v) is 9.05. The molecular weight excluding hydrogens is 267 g/mol. The summed E-state index contributed by atoms with van der Waals surface area (Å²) in [7, 11) is 1.61. The van der Waals surface area contributed by atoms with E-state index in [2.05, 4.69) is 32.9 Å². The maximum absolute atomic E-state index is 11.2. The predicted molar refractivity (Wildman–Crippen MR) is 55.1 cm³/mol. The molecule has 0 unspecified atom stereocenters. The number of rotatable bonds is 1. The number of hydrogen-bond acceptors (Lipinski definition) is 2. The third kappa shape index (κ3) is 1.94. The lowest BCUT2D eigenvalue weighted by atomic mass is 10.2. The molecule has 0 aliphatic heterocycles. The average molecular weight is 276 g/mol. The molecule has 0 fully saturated rings. The quantitative estimate of drug-likeness (QED) is 0.787. The van der Waals surface area contributed by atoms with Crippen molar-refractivity contribution in [3.8, 4) is 0 Å². The second-order valence-electron chi connectivity index (χ2n) is 2.37. The van der Waals surface area contributed by atoms with Gasteiger partial charge in [-0.15, -0.1) is 0 Å². The van der Waals surface area contributed by atoms with Crippen LogP contribution in [-0.4, -0.2) is 17.9 Å². The minimum Gasteiger partial charge on any atom is -0.355 e. The summed E-state index contributed by atoms with van der Waals surface area (Å²) in [6, 6.07) is 1.82. The molecule has 0 saturated carbocycles. The molecule has 1 aromatic heterocycles. The minimum atomic E-state index is -0.0847. The monoisotopic (exact) mass is 276 g/mol. The van der Waals surface area contributed by atoms with E-state index in [-0.39, 0.29) is 5.91 Å². The fraction of sp³-hybridized carbons (Fsp3) is 0.250. The molecule has 1 heterocycles. The highest BCUT2D eigenvalue weighted by molar-refractivity contribution is 14.1. The van der Waals surface area contributed by atoms with Crippen molar-refractivity contribution >= 4 is 28.5 Å². The summed E-state index contributed by atoms with van der Waals surface area (Å²) in [6.45, 7) is 1.82. The molecular formula is C8H9IN2O. The van der Waals surface area contributed by atoms with Crippen LogP contribution in [0.1, 0.15) is 16.1 Å². The molecule has 3 nitrogen and oxygen atoms in total. The van der Waals surface area contributed by atoms with Crippen LogP contribution < -0.4 is 5.32 Å². The summed E-state index contributed by atoms with van der Waals surface area (Å²) in [6.07, 6.45) is 1.74. The zero-order chi connectivity index (χ0) is 9.14. The number of halogens is 1. The van der Waals surface area contributed by atoms with E-state index in [0.29, 0.717) is 5.56 Å². The van der Waals surface area contributed by atoms with Crippen LogP contribution in [0.3, 0.4) is 0 Å². The van der Waals surface area contributed by atoms with Crippen molar-refractivity contribution in [2.24, 2.45) is 0 Å². The fourth-order valence-corrected chi connectivity index (χ4v) is 1.32. The molecule has 0 bridgehead atoms. The van der Waals surface area contributed by atoms with Gasteiger partial charge in [-0.2, -0.15) is 0 Å². The van der Waals surface area contributed by atoms with Gasteiger partial charge in [-0.3, -0.25) is 9.78 Å². The van der Waals surface area contributed by atoms with Gasteiger partial charge in [0.05, 0.1) is 11.3 Å². The molecule has 1 rings (SSSR count). The Morgan fingerprint density at radius 1 is 1.67 bits per heavy atom. The highest BCUT2D eigenvalue weighted by atomic mass is 127. The van der Waals surface area contributed by atoms with Crippen LogP contribution in [0.25, 0.3) is 0 Å². The van der Waals surface area contributed by atoms with Gasteiger partial charge in [-0.05, 0) is 35.6 Å². The van der Waals surface area contributed by atoms with Gasteiger partial charge in [-0.25, -0.2) is 0 Å². The molecule has 0 aliphatic rings. The Kier molecular flexibility index (Phi) is 3.02. The summed E-state index contributed by atoms with van der Waals surface area (Å²) in [5, 5.41) is 2.57. The maximum atomic E-state index is 11.2. The van der Waals surface area contributed by atoms with Crippen molar-refractivity contribution < 1.29 is 4.79 Å². The molecule has 0 spiro atoms. The van der Waals surface area contributed by atoms with Gasteiger partial charge in [0.1, 0.15) is 0 Å². The van der Waals surface area contributed by atoms with Gasteiger partial charge < -0.3 is 5.32 Å². The fourth-order valence-electron chi connectivity index (χ4n) is 0.872. The van der Waals surface area contributed by atoms with E-state index in [4.69, 9.17) is 0 Å². The number of carbonyl (C=O) groups is 1. The van der Waals surface area contributed by atoms with E-state index in [0.717, 1.165) is 9.26 Å². The van der Waals surface area contributed by atoms with Crippen molar-refractivity contribution in [1.82, 2.24) is 10.3 Å². The van der Waals surface area contributed by atoms with Crippen LogP contribution >= 0.6 is 22.6 Å². The lowest BCUT2D eigenvalue weighted by Crippen LogP contribution is -2.19. The number of amides is 1. The number of nitrogens with one attached hydrogen (secondary N) is 1. The summed E-state index contributed by atoms with van der Waals surface area (Å²) in [5.41, 5.74) is 1.40. The van der Waals surface area contributed by atoms with Crippen molar-refractivity contribution in [3.63, 3.8) is 0 Å². The largest absolute Gasteiger partial charge is 0.355 e. The second-order valence-corrected chi connectivity index (χ2v) is 3.61. The third-order valence-electron chi connectivity index (χ3n) is 1.53. The topological polar surface area (TPSA) is 42.0 Å². The minimum absolute atomic E-state index is 0.0847. The number of hydrogen-bond donors (Lipinski definition) is 1. The summed E-state index contributed by atoms with van der Waals surface area (Å²) < 4.78 is 0.969. The van der Waals surface area contributed by atoms with Crippen LogP contribution in [0.5, 0.6) is 0 Å². The molecule has 12 heavy (non-hydrogen) atoms. The van der Waals surface area contributed by atoms with Gasteiger partial charge in [0, 0.05) is 16.8 Å². The molecule has 4 heteroatoms. The van der Waals surface area contributed by atoms with Crippen molar-refractivity contribution in [2.45, 2.75) is 6.92 Å². The van der Waals surface area contributed by atoms with Crippen molar-refractivity contribution in [2.75, 3.05) is 7.05 Å². The van der Waals surface area contributed by atoms with Crippen molar-refractivity contribution in [1.29, 1.82) is 0 Å². The van der Waals surface area contributed by atoms with E-state index < -0.39 is 0 Å². The Morgan fingerprint density at radius 2 is 2.33 bits per heavy atom. The van der Waals surface area contributed by atoms with E-state index in [1.54, 1.807) is 13.2 Å². The average Bonchev–Trinajstić information content (AvgIpc) is 2.08. The molecule has 0 atom stereocenters. The standard InChI is InChI=1S/C8H9IN2O/c1-5-7(8(12)10-2)3-6(9)4-11-5/h3-4H,1-2H3,(H,10,12). The highest BCUT2D eigenvalue weighted by Gasteiger charge is 2.07. The smallest absolute Gasteiger partial charge is 0.252 e. The summed E-state index contributed by atoms with van der Waals surface area (Å²) in [4.78, 5) is 15.3. The van der Waals surface area contributed by atoms with Crippen LogP contribution in [0.15, 0.2) is 12.3 Å². The van der Waals surface area contributed by atoms with Crippen LogP contribution in [0.4, 0.5) is 0 Å². The molecule has 1 amide bonds. The van der Waals surface area contributed by atoms with E-state index >= 15 is 0 Å². The number of aryl methyl sites for hydroxylation is 1. The zero-order valence-electron chi connectivity index (χ0n) is 6.89. The maximum Gasteiger partial charge on any atom is 0.252 e.